The van der Waals surface area contributed by atoms with Crippen molar-refractivity contribution in [2.75, 3.05) is 32.1 Å². The maximum absolute atomic E-state index is 11.5. The summed E-state index contributed by atoms with van der Waals surface area (Å²) >= 11 is 5.93. The molecule has 1 rings (SSSR count). The topological polar surface area (TPSA) is 74.2 Å². The quantitative estimate of drug-likeness (QED) is 0.764. The highest BCUT2D eigenvalue weighted by atomic mass is 35.5. The van der Waals surface area contributed by atoms with Gasteiger partial charge in [0.2, 0.25) is 5.91 Å². The van der Waals surface area contributed by atoms with Crippen molar-refractivity contribution in [1.29, 1.82) is 5.26 Å². The van der Waals surface area contributed by atoms with Crippen molar-refractivity contribution in [1.82, 2.24) is 5.32 Å². The average molecular weight is 268 g/mol. The number of anilines is 1. The van der Waals surface area contributed by atoms with Crippen LogP contribution in [0.15, 0.2) is 18.2 Å². The van der Waals surface area contributed by atoms with Crippen LogP contribution in [0, 0.1) is 11.3 Å². The molecule has 0 aliphatic heterocycles. The Morgan fingerprint density at radius 2 is 2.33 bits per heavy atom. The van der Waals surface area contributed by atoms with Crippen molar-refractivity contribution in [3.63, 3.8) is 0 Å². The number of halogens is 1. The van der Waals surface area contributed by atoms with Gasteiger partial charge in [-0.15, -0.1) is 0 Å². The Bertz CT molecular complexity index is 457. The van der Waals surface area contributed by atoms with Gasteiger partial charge in [-0.25, -0.2) is 0 Å². The number of ether oxygens (including phenoxy) is 1. The van der Waals surface area contributed by atoms with Crippen LogP contribution >= 0.6 is 11.6 Å². The van der Waals surface area contributed by atoms with Gasteiger partial charge in [0, 0.05) is 13.7 Å². The first kappa shape index (κ1) is 14.5. The lowest BCUT2D eigenvalue weighted by Crippen LogP contribution is -2.30. The van der Waals surface area contributed by atoms with E-state index in [1.165, 1.54) is 6.07 Å². The Hall–Kier alpha value is -1.61. The second kappa shape index (κ2) is 7.67. The van der Waals surface area contributed by atoms with Crippen molar-refractivity contribution in [2.45, 2.75) is 0 Å². The number of benzene rings is 1. The third-order valence-electron chi connectivity index (χ3n) is 2.14. The monoisotopic (exact) mass is 267 g/mol. The van der Waals surface area contributed by atoms with E-state index in [2.05, 4.69) is 10.6 Å². The maximum Gasteiger partial charge on any atom is 0.238 e. The molecule has 6 heteroatoms. The summed E-state index contributed by atoms with van der Waals surface area (Å²) in [5, 5.41) is 14.6. The molecule has 0 fully saturated rings. The highest BCUT2D eigenvalue weighted by Crippen LogP contribution is 2.22. The summed E-state index contributed by atoms with van der Waals surface area (Å²) in [4.78, 5) is 11.5. The number of methoxy groups -OCH3 is 1. The molecule has 1 aromatic carbocycles. The summed E-state index contributed by atoms with van der Waals surface area (Å²) in [5.41, 5.74) is 0.949. The Morgan fingerprint density at radius 3 is 2.94 bits per heavy atom. The molecule has 0 heterocycles. The first-order valence-corrected chi connectivity index (χ1v) is 5.74. The zero-order valence-corrected chi connectivity index (χ0v) is 10.8. The molecule has 18 heavy (non-hydrogen) atoms. The van der Waals surface area contributed by atoms with Crippen LogP contribution in [0.25, 0.3) is 0 Å². The van der Waals surface area contributed by atoms with Crippen molar-refractivity contribution in [3.05, 3.63) is 28.8 Å². The number of nitrogens with zero attached hydrogens (tertiary/aromatic N) is 1. The summed E-state index contributed by atoms with van der Waals surface area (Å²) in [7, 11) is 1.60. The molecule has 0 bridgehead atoms. The molecule has 96 valence electrons. The first-order valence-electron chi connectivity index (χ1n) is 5.36. The number of carbonyl (C=O) groups excluding carboxylic acids is 1. The predicted octanol–water partition coefficient (Wildman–Crippen LogP) is 1.39. The Labute approximate surface area is 111 Å². The zero-order valence-electron chi connectivity index (χ0n) is 10.00. The van der Waals surface area contributed by atoms with Crippen molar-refractivity contribution in [3.8, 4) is 6.07 Å². The molecular weight excluding hydrogens is 254 g/mol. The van der Waals surface area contributed by atoms with Crippen LogP contribution in [0.4, 0.5) is 5.69 Å². The zero-order chi connectivity index (χ0) is 13.4. The fourth-order valence-corrected chi connectivity index (χ4v) is 1.48. The molecule has 0 aromatic heterocycles. The molecule has 0 saturated carbocycles. The lowest BCUT2D eigenvalue weighted by atomic mass is 10.2. The van der Waals surface area contributed by atoms with E-state index in [0.717, 1.165) is 0 Å². The summed E-state index contributed by atoms with van der Waals surface area (Å²) in [5.74, 6) is -0.197. The predicted molar refractivity (Wildman–Crippen MR) is 69.5 cm³/mol. The van der Waals surface area contributed by atoms with E-state index in [0.29, 0.717) is 29.4 Å². The largest absolute Gasteiger partial charge is 0.383 e. The number of carbonyl (C=O) groups is 1. The van der Waals surface area contributed by atoms with E-state index in [4.69, 9.17) is 21.6 Å². The van der Waals surface area contributed by atoms with Gasteiger partial charge in [-0.3, -0.25) is 4.79 Å². The molecule has 0 unspecified atom stereocenters. The van der Waals surface area contributed by atoms with Crippen LogP contribution in [0.2, 0.25) is 5.02 Å². The molecular formula is C12H14ClN3O2. The van der Waals surface area contributed by atoms with Gasteiger partial charge in [0.15, 0.2) is 0 Å². The molecule has 5 nitrogen and oxygen atoms in total. The number of hydrogen-bond acceptors (Lipinski definition) is 4. The molecule has 0 atom stereocenters. The second-order valence-corrected chi connectivity index (χ2v) is 3.93. The maximum atomic E-state index is 11.5. The number of hydrogen-bond donors (Lipinski definition) is 2. The Morgan fingerprint density at radius 1 is 1.56 bits per heavy atom. The first-order chi connectivity index (χ1) is 8.67. The van der Waals surface area contributed by atoms with Crippen LogP contribution in [-0.2, 0) is 9.53 Å². The molecule has 0 saturated heterocycles. The van der Waals surface area contributed by atoms with Gasteiger partial charge < -0.3 is 15.4 Å². The van der Waals surface area contributed by atoms with E-state index in [9.17, 15) is 4.79 Å². The second-order valence-electron chi connectivity index (χ2n) is 3.52. The van der Waals surface area contributed by atoms with Crippen molar-refractivity contribution < 1.29 is 9.53 Å². The van der Waals surface area contributed by atoms with Crippen LogP contribution in [0.3, 0.4) is 0 Å². The SMILES string of the molecule is COCCNCC(=O)Nc1ccc(C#N)cc1Cl. The van der Waals surface area contributed by atoms with Gasteiger partial charge in [0.25, 0.3) is 0 Å². The minimum absolute atomic E-state index is 0.180. The van der Waals surface area contributed by atoms with Gasteiger partial charge >= 0.3 is 0 Å². The number of rotatable bonds is 6. The Balaban J connectivity index is 2.47. The van der Waals surface area contributed by atoms with Crippen LogP contribution < -0.4 is 10.6 Å². The van der Waals surface area contributed by atoms with Crippen molar-refractivity contribution >= 4 is 23.2 Å². The fraction of sp³-hybridized carbons (Fsp3) is 0.333. The van der Waals surface area contributed by atoms with E-state index >= 15 is 0 Å². The molecule has 1 aromatic rings. The minimum atomic E-state index is -0.197. The van der Waals surface area contributed by atoms with E-state index < -0.39 is 0 Å². The lowest BCUT2D eigenvalue weighted by Gasteiger charge is -2.08. The van der Waals surface area contributed by atoms with Crippen LogP contribution in [0.1, 0.15) is 5.56 Å². The average Bonchev–Trinajstić information content (AvgIpc) is 2.37. The normalized spacial score (nSPS) is 9.83. The summed E-state index contributed by atoms with van der Waals surface area (Å²) < 4.78 is 4.84. The standard InChI is InChI=1S/C12H14ClN3O2/c1-18-5-4-15-8-12(17)16-11-3-2-9(7-14)6-10(11)13/h2-3,6,15H,4-5,8H2,1H3,(H,16,17). The molecule has 0 radical (unpaired) electrons. The third kappa shape index (κ3) is 4.72. The summed E-state index contributed by atoms with van der Waals surface area (Å²) in [6, 6.07) is 6.68. The van der Waals surface area contributed by atoms with Gasteiger partial charge in [-0.05, 0) is 18.2 Å². The third-order valence-corrected chi connectivity index (χ3v) is 2.45. The summed E-state index contributed by atoms with van der Waals surface area (Å²) in [6.07, 6.45) is 0. The van der Waals surface area contributed by atoms with Gasteiger partial charge in [-0.2, -0.15) is 5.26 Å². The number of amides is 1. The fourth-order valence-electron chi connectivity index (χ4n) is 1.26. The van der Waals surface area contributed by atoms with Gasteiger partial charge in [0.05, 0.1) is 35.5 Å². The molecule has 0 spiro atoms. The highest BCUT2D eigenvalue weighted by molar-refractivity contribution is 6.33. The van der Waals surface area contributed by atoms with E-state index in [1.807, 2.05) is 6.07 Å². The van der Waals surface area contributed by atoms with Crippen LogP contribution in [0.5, 0.6) is 0 Å². The minimum Gasteiger partial charge on any atom is -0.383 e. The van der Waals surface area contributed by atoms with Crippen LogP contribution in [-0.4, -0.2) is 32.7 Å². The lowest BCUT2D eigenvalue weighted by molar-refractivity contribution is -0.115. The number of nitrogens with one attached hydrogen (secondary N) is 2. The Kier molecular flexibility index (Phi) is 6.15. The van der Waals surface area contributed by atoms with Gasteiger partial charge in [0.1, 0.15) is 0 Å². The van der Waals surface area contributed by atoms with E-state index in [1.54, 1.807) is 19.2 Å². The summed E-state index contributed by atoms with van der Waals surface area (Å²) in [6.45, 7) is 1.33. The smallest absolute Gasteiger partial charge is 0.238 e. The molecule has 2 N–H and O–H groups in total. The molecule has 0 aliphatic carbocycles. The van der Waals surface area contributed by atoms with Gasteiger partial charge in [-0.1, -0.05) is 11.6 Å². The molecule has 1 amide bonds. The highest BCUT2D eigenvalue weighted by Gasteiger charge is 2.06. The number of nitriles is 1. The van der Waals surface area contributed by atoms with Crippen molar-refractivity contribution in [2.24, 2.45) is 0 Å². The van der Waals surface area contributed by atoms with E-state index in [-0.39, 0.29) is 12.5 Å². The molecule has 0 aliphatic rings.